The van der Waals surface area contributed by atoms with Crippen LogP contribution in [-0.4, -0.2) is 46.1 Å². The van der Waals surface area contributed by atoms with Gasteiger partial charge in [0.05, 0.1) is 17.6 Å². The Hall–Kier alpha value is -4.37. The fraction of sp³-hybridized carbons (Fsp3) is 0.185. The van der Waals surface area contributed by atoms with Crippen LogP contribution in [0.4, 0.5) is 4.39 Å². The Morgan fingerprint density at radius 2 is 1.75 bits per heavy atom. The van der Waals surface area contributed by atoms with Crippen molar-refractivity contribution in [3.63, 3.8) is 0 Å². The maximum atomic E-state index is 13.8. The second kappa shape index (κ2) is 10.9. The van der Waals surface area contributed by atoms with Gasteiger partial charge in [-0.2, -0.15) is 0 Å². The molecular formula is C27H27FN6O2. The second-order valence-electron chi connectivity index (χ2n) is 8.00. The van der Waals surface area contributed by atoms with Gasteiger partial charge in [-0.1, -0.05) is 60.7 Å². The fourth-order valence-electron chi connectivity index (χ4n) is 4.04. The van der Waals surface area contributed by atoms with Crippen LogP contribution in [0, 0.1) is 0 Å². The van der Waals surface area contributed by atoms with Crippen molar-refractivity contribution in [2.75, 3.05) is 13.2 Å². The Kier molecular flexibility index (Phi) is 7.50. The Morgan fingerprint density at radius 3 is 2.33 bits per heavy atom. The molecule has 4 N–H and O–H groups in total. The van der Waals surface area contributed by atoms with Crippen LogP contribution in [-0.2, 0) is 12.1 Å². The molecule has 36 heavy (non-hydrogen) atoms. The predicted octanol–water partition coefficient (Wildman–Crippen LogP) is 3.38. The molecule has 0 bridgehead atoms. The van der Waals surface area contributed by atoms with Gasteiger partial charge in [-0.25, -0.2) is 14.4 Å². The lowest BCUT2D eigenvalue weighted by molar-refractivity contribution is 0.0977. The number of aryl methyl sites for hydroxylation is 1. The molecule has 184 valence electrons. The number of imidazole rings is 1. The number of aromatic nitrogens is 2. The lowest BCUT2D eigenvalue weighted by Gasteiger charge is -2.29. The third kappa shape index (κ3) is 4.87. The molecule has 1 amide bonds. The maximum absolute atomic E-state index is 13.8. The number of carbonyl (C=O) groups is 1. The van der Waals surface area contributed by atoms with E-state index in [1.165, 1.54) is 6.34 Å². The molecule has 0 spiro atoms. The Balaban J connectivity index is 1.84. The molecule has 0 saturated carbocycles. The van der Waals surface area contributed by atoms with Crippen molar-refractivity contribution in [2.24, 2.45) is 15.7 Å². The normalized spacial score (nSPS) is 12.4. The summed E-state index contributed by atoms with van der Waals surface area (Å²) in [4.78, 5) is 25.3. The largest absolute Gasteiger partial charge is 0.373 e. The molecular weight excluding hydrogens is 459 g/mol. The summed E-state index contributed by atoms with van der Waals surface area (Å²) in [6.07, 6.45) is 1.27. The standard InChI is InChI=1S/C27H27FN6O2/c1-2-30-18-31-26(29)33-24(35)19-13-14-22-23(17-19)34(16-15-28)25(32-22)27(36,20-9-5-3-6-10-20)21-11-7-4-8-12-21/h3-14,17-18,36H,2,15-16H2,1H3,(H3,29,30,31,33,35). The number of benzene rings is 3. The van der Waals surface area contributed by atoms with Crippen molar-refractivity contribution >= 4 is 29.2 Å². The first-order valence-electron chi connectivity index (χ1n) is 11.5. The molecule has 0 radical (unpaired) electrons. The van der Waals surface area contributed by atoms with Crippen molar-refractivity contribution in [1.29, 1.82) is 0 Å². The first-order chi connectivity index (χ1) is 17.5. The second-order valence-corrected chi connectivity index (χ2v) is 8.00. The topological polar surface area (TPSA) is 118 Å². The summed E-state index contributed by atoms with van der Waals surface area (Å²) in [7, 11) is 0. The molecule has 9 heteroatoms. The lowest BCUT2D eigenvalue weighted by Crippen LogP contribution is -2.36. The van der Waals surface area contributed by atoms with E-state index in [0.29, 0.717) is 28.7 Å². The van der Waals surface area contributed by atoms with Gasteiger partial charge >= 0.3 is 0 Å². The monoisotopic (exact) mass is 486 g/mol. The number of fused-ring (bicyclic) bond motifs is 1. The minimum Gasteiger partial charge on any atom is -0.373 e. The quantitative estimate of drug-likeness (QED) is 0.261. The van der Waals surface area contributed by atoms with Gasteiger partial charge in [0, 0.05) is 12.1 Å². The van der Waals surface area contributed by atoms with Crippen LogP contribution in [0.3, 0.4) is 0 Å². The molecule has 1 aromatic heterocycles. The number of aliphatic hydroxyl groups is 1. The minimum atomic E-state index is -1.66. The highest BCUT2D eigenvalue weighted by molar-refractivity contribution is 6.07. The summed E-state index contributed by atoms with van der Waals surface area (Å²) < 4.78 is 15.4. The molecule has 0 fully saturated rings. The van der Waals surface area contributed by atoms with Crippen molar-refractivity contribution < 1.29 is 14.3 Å². The SMILES string of the molecule is CCN=CN=C(N)NC(=O)c1ccc2nc(C(O)(c3ccccc3)c3ccccc3)n(CCF)c2c1. The Morgan fingerprint density at radius 1 is 1.11 bits per heavy atom. The van der Waals surface area contributed by atoms with Gasteiger partial charge in [-0.15, -0.1) is 0 Å². The molecule has 0 saturated heterocycles. The molecule has 0 unspecified atom stereocenters. The first kappa shape index (κ1) is 24.7. The number of nitrogens with two attached hydrogens (primary N) is 1. The van der Waals surface area contributed by atoms with Crippen molar-refractivity contribution in [2.45, 2.75) is 19.1 Å². The summed E-state index contributed by atoms with van der Waals surface area (Å²) in [5.41, 5.74) is 6.57. The number of nitrogens with zero attached hydrogens (tertiary/aromatic N) is 4. The predicted molar refractivity (Wildman–Crippen MR) is 139 cm³/mol. The molecule has 0 aliphatic heterocycles. The van der Waals surface area contributed by atoms with E-state index in [9.17, 15) is 14.3 Å². The average Bonchev–Trinajstić information content (AvgIpc) is 3.27. The molecule has 0 atom stereocenters. The summed E-state index contributed by atoms with van der Waals surface area (Å²) in [5.74, 6) is -0.335. The van der Waals surface area contributed by atoms with E-state index in [-0.39, 0.29) is 23.9 Å². The summed E-state index contributed by atoms with van der Waals surface area (Å²) >= 11 is 0. The summed E-state index contributed by atoms with van der Waals surface area (Å²) in [6, 6.07) is 23.1. The highest BCUT2D eigenvalue weighted by Gasteiger charge is 2.39. The molecule has 4 rings (SSSR count). The van der Waals surface area contributed by atoms with E-state index in [4.69, 9.17) is 10.7 Å². The van der Waals surface area contributed by atoms with Gasteiger partial charge in [0.15, 0.2) is 11.4 Å². The third-order valence-electron chi connectivity index (χ3n) is 5.73. The maximum Gasteiger partial charge on any atom is 0.258 e. The van der Waals surface area contributed by atoms with E-state index in [2.05, 4.69) is 15.3 Å². The zero-order valence-corrected chi connectivity index (χ0v) is 19.8. The first-order valence-corrected chi connectivity index (χ1v) is 11.5. The van der Waals surface area contributed by atoms with E-state index in [0.717, 1.165) is 0 Å². The van der Waals surface area contributed by atoms with Crippen LogP contribution in [0.5, 0.6) is 0 Å². The van der Waals surface area contributed by atoms with Gasteiger partial charge in [0.25, 0.3) is 5.91 Å². The van der Waals surface area contributed by atoms with E-state index in [1.54, 1.807) is 47.0 Å². The molecule has 3 aromatic carbocycles. The number of alkyl halides is 1. The number of rotatable bonds is 8. The van der Waals surface area contributed by atoms with Crippen LogP contribution in [0.2, 0.25) is 0 Å². The molecule has 0 aliphatic carbocycles. The smallest absolute Gasteiger partial charge is 0.258 e. The van der Waals surface area contributed by atoms with Crippen LogP contribution >= 0.6 is 0 Å². The number of hydrogen-bond acceptors (Lipinski definition) is 4. The number of nitrogens with one attached hydrogen (secondary N) is 1. The Bertz CT molecular complexity index is 1360. The molecule has 4 aromatic rings. The van der Waals surface area contributed by atoms with Crippen LogP contribution < -0.4 is 11.1 Å². The number of halogens is 1. The van der Waals surface area contributed by atoms with Gasteiger partial charge in [-0.05, 0) is 36.2 Å². The lowest BCUT2D eigenvalue weighted by atomic mass is 9.85. The number of amides is 1. The van der Waals surface area contributed by atoms with Crippen LogP contribution in [0.25, 0.3) is 11.0 Å². The summed E-state index contributed by atoms with van der Waals surface area (Å²) in [5, 5.41) is 14.7. The average molecular weight is 487 g/mol. The summed E-state index contributed by atoms with van der Waals surface area (Å²) in [6.45, 7) is 1.64. The molecule has 0 aliphatic rings. The highest BCUT2D eigenvalue weighted by Crippen LogP contribution is 2.37. The number of aliphatic imine (C=N–C) groups is 2. The Labute approximate surface area is 208 Å². The van der Waals surface area contributed by atoms with E-state index >= 15 is 0 Å². The number of hydrogen-bond donors (Lipinski definition) is 3. The van der Waals surface area contributed by atoms with Gasteiger partial charge in [-0.3, -0.25) is 15.1 Å². The van der Waals surface area contributed by atoms with Gasteiger partial charge < -0.3 is 15.4 Å². The van der Waals surface area contributed by atoms with E-state index < -0.39 is 18.2 Å². The number of guanidine groups is 1. The van der Waals surface area contributed by atoms with Crippen molar-refractivity contribution in [3.05, 3.63) is 101 Å². The minimum absolute atomic E-state index is 0.0596. The third-order valence-corrected chi connectivity index (χ3v) is 5.73. The van der Waals surface area contributed by atoms with Crippen molar-refractivity contribution in [1.82, 2.24) is 14.9 Å². The zero-order chi connectivity index (χ0) is 25.5. The van der Waals surface area contributed by atoms with Crippen LogP contribution in [0.15, 0.2) is 88.8 Å². The zero-order valence-electron chi connectivity index (χ0n) is 19.8. The molecule has 8 nitrogen and oxygen atoms in total. The van der Waals surface area contributed by atoms with Gasteiger partial charge in [0.2, 0.25) is 5.96 Å². The van der Waals surface area contributed by atoms with Crippen LogP contribution in [0.1, 0.15) is 34.2 Å². The highest BCUT2D eigenvalue weighted by atomic mass is 19.1. The number of carbonyl (C=O) groups excluding carboxylic acids is 1. The fourth-order valence-corrected chi connectivity index (χ4v) is 4.04. The van der Waals surface area contributed by atoms with E-state index in [1.807, 2.05) is 43.3 Å². The van der Waals surface area contributed by atoms with Crippen molar-refractivity contribution in [3.8, 4) is 0 Å². The molecule has 1 heterocycles. The van der Waals surface area contributed by atoms with Gasteiger partial charge in [0.1, 0.15) is 13.0 Å².